The van der Waals surface area contributed by atoms with Crippen molar-refractivity contribution >= 4 is 45.0 Å². The van der Waals surface area contributed by atoms with E-state index in [9.17, 15) is 9.59 Å². The van der Waals surface area contributed by atoms with E-state index in [2.05, 4.69) is 31.0 Å². The summed E-state index contributed by atoms with van der Waals surface area (Å²) in [5.74, 6) is -0.479. The number of anilines is 1. The maximum Gasteiger partial charge on any atom is 0.357 e. The number of methoxy groups -OCH3 is 1. The lowest BCUT2D eigenvalue weighted by atomic mass is 10.3. The summed E-state index contributed by atoms with van der Waals surface area (Å²) < 4.78 is 5.54. The Balaban J connectivity index is 2.09. The van der Waals surface area contributed by atoms with Crippen LogP contribution < -0.4 is 5.32 Å². The van der Waals surface area contributed by atoms with Gasteiger partial charge in [-0.15, -0.1) is 11.3 Å². The van der Waals surface area contributed by atoms with E-state index in [1.54, 1.807) is 10.3 Å². The number of nitrogens with one attached hydrogen (secondary N) is 1. The van der Waals surface area contributed by atoms with Gasteiger partial charge in [-0.2, -0.15) is 0 Å². The van der Waals surface area contributed by atoms with Gasteiger partial charge in [-0.25, -0.2) is 14.6 Å². The number of urea groups is 1. The van der Waals surface area contributed by atoms with E-state index in [4.69, 9.17) is 0 Å². The molecule has 8 heteroatoms. The largest absolute Gasteiger partial charge is 0.464 e. The van der Waals surface area contributed by atoms with E-state index in [0.717, 1.165) is 4.47 Å². The zero-order chi connectivity index (χ0) is 17.7. The van der Waals surface area contributed by atoms with Crippen LogP contribution in [0.2, 0.25) is 0 Å². The minimum Gasteiger partial charge on any atom is -0.464 e. The normalized spacial score (nSPS) is 10.5. The molecule has 0 fully saturated rings. The molecule has 0 atom stereocenters. The van der Waals surface area contributed by atoms with Gasteiger partial charge in [0.2, 0.25) is 0 Å². The third-order valence-corrected chi connectivity index (χ3v) is 4.54. The molecule has 2 rings (SSSR count). The standard InChI is InChI=1S/C16H18BrN3O3S/c1-10(2)20(8-14-19-13(9-24-14)15(21)23-3)16(22)18-12-6-4-5-11(17)7-12/h4-7,9-10H,8H2,1-3H3,(H,18,22). The Labute approximate surface area is 153 Å². The molecule has 1 aromatic heterocycles. The number of rotatable bonds is 5. The van der Waals surface area contributed by atoms with Crippen molar-refractivity contribution in [2.75, 3.05) is 12.4 Å². The van der Waals surface area contributed by atoms with Crippen molar-refractivity contribution in [1.29, 1.82) is 0 Å². The minimum atomic E-state index is -0.479. The number of hydrogen-bond donors (Lipinski definition) is 1. The van der Waals surface area contributed by atoms with Gasteiger partial charge in [0, 0.05) is 21.6 Å². The van der Waals surface area contributed by atoms with Crippen LogP contribution in [-0.4, -0.2) is 35.0 Å². The Morgan fingerprint density at radius 2 is 2.17 bits per heavy atom. The Hall–Kier alpha value is -1.93. The van der Waals surface area contributed by atoms with Gasteiger partial charge in [0.25, 0.3) is 0 Å². The van der Waals surface area contributed by atoms with Gasteiger partial charge in [0.05, 0.1) is 13.7 Å². The molecule has 1 aromatic carbocycles. The van der Waals surface area contributed by atoms with Gasteiger partial charge in [0.1, 0.15) is 5.01 Å². The predicted octanol–water partition coefficient (Wildman–Crippen LogP) is 4.13. The average molecular weight is 412 g/mol. The number of amides is 2. The molecule has 0 saturated heterocycles. The molecule has 0 spiro atoms. The summed E-state index contributed by atoms with van der Waals surface area (Å²) in [5, 5.41) is 5.17. The van der Waals surface area contributed by atoms with Crippen LogP contribution in [0.25, 0.3) is 0 Å². The molecule has 128 valence electrons. The summed E-state index contributed by atoms with van der Waals surface area (Å²) in [7, 11) is 1.31. The highest BCUT2D eigenvalue weighted by atomic mass is 79.9. The smallest absolute Gasteiger partial charge is 0.357 e. The van der Waals surface area contributed by atoms with Crippen LogP contribution in [0, 0.1) is 0 Å². The quantitative estimate of drug-likeness (QED) is 0.750. The Morgan fingerprint density at radius 1 is 1.42 bits per heavy atom. The Bertz CT molecular complexity index is 733. The van der Waals surface area contributed by atoms with Crippen molar-refractivity contribution < 1.29 is 14.3 Å². The molecule has 1 heterocycles. The highest BCUT2D eigenvalue weighted by Gasteiger charge is 2.20. The third kappa shape index (κ3) is 4.78. The molecule has 24 heavy (non-hydrogen) atoms. The predicted molar refractivity (Wildman–Crippen MR) is 97.3 cm³/mol. The first kappa shape index (κ1) is 18.4. The number of ether oxygens (including phenoxy) is 1. The van der Waals surface area contributed by atoms with Crippen molar-refractivity contribution in [3.63, 3.8) is 0 Å². The van der Waals surface area contributed by atoms with Crippen LogP contribution in [-0.2, 0) is 11.3 Å². The van der Waals surface area contributed by atoms with Gasteiger partial charge in [-0.05, 0) is 32.0 Å². The van der Waals surface area contributed by atoms with Gasteiger partial charge in [-0.3, -0.25) is 0 Å². The molecule has 0 radical (unpaired) electrons. The number of carbonyl (C=O) groups excluding carboxylic acids is 2. The first-order valence-corrected chi connectivity index (χ1v) is 8.94. The molecule has 0 aliphatic rings. The van der Waals surface area contributed by atoms with Gasteiger partial charge >= 0.3 is 12.0 Å². The zero-order valence-corrected chi connectivity index (χ0v) is 16.0. The lowest BCUT2D eigenvalue weighted by Gasteiger charge is -2.26. The van der Waals surface area contributed by atoms with E-state index in [1.807, 2.05) is 38.1 Å². The molecule has 0 unspecified atom stereocenters. The summed E-state index contributed by atoms with van der Waals surface area (Å²) in [4.78, 5) is 29.9. The summed E-state index contributed by atoms with van der Waals surface area (Å²) in [6.45, 7) is 4.17. The molecule has 0 bridgehead atoms. The second-order valence-corrected chi connectivity index (χ2v) is 7.14. The average Bonchev–Trinajstić information content (AvgIpc) is 3.00. The van der Waals surface area contributed by atoms with Crippen molar-refractivity contribution in [2.45, 2.75) is 26.4 Å². The third-order valence-electron chi connectivity index (χ3n) is 3.21. The molecule has 2 aromatic rings. The number of benzene rings is 1. The fraction of sp³-hybridized carbons (Fsp3) is 0.312. The fourth-order valence-electron chi connectivity index (χ4n) is 1.98. The van der Waals surface area contributed by atoms with Gasteiger partial charge in [-0.1, -0.05) is 22.0 Å². The minimum absolute atomic E-state index is 0.0253. The molecule has 6 nitrogen and oxygen atoms in total. The summed E-state index contributed by atoms with van der Waals surface area (Å²) >= 11 is 4.70. The molecule has 0 saturated carbocycles. The van der Waals surface area contributed by atoms with Crippen molar-refractivity contribution in [2.24, 2.45) is 0 Å². The number of aromatic nitrogens is 1. The first-order chi connectivity index (χ1) is 11.4. The van der Waals surface area contributed by atoms with E-state index in [1.165, 1.54) is 18.4 Å². The Kier molecular flexibility index (Phi) is 6.33. The number of thiazole rings is 1. The number of carbonyl (C=O) groups is 2. The first-order valence-electron chi connectivity index (χ1n) is 7.26. The number of esters is 1. The highest BCUT2D eigenvalue weighted by molar-refractivity contribution is 9.10. The summed E-state index contributed by atoms with van der Waals surface area (Å²) in [6.07, 6.45) is 0. The van der Waals surface area contributed by atoms with E-state index >= 15 is 0 Å². The molecule has 0 aliphatic carbocycles. The Morgan fingerprint density at radius 3 is 2.79 bits per heavy atom. The molecule has 2 amide bonds. The number of hydrogen-bond acceptors (Lipinski definition) is 5. The van der Waals surface area contributed by atoms with Crippen molar-refractivity contribution in [1.82, 2.24) is 9.88 Å². The second kappa shape index (κ2) is 8.25. The fourth-order valence-corrected chi connectivity index (χ4v) is 3.14. The lowest BCUT2D eigenvalue weighted by Crippen LogP contribution is -2.39. The monoisotopic (exact) mass is 411 g/mol. The molecule has 1 N–H and O–H groups in total. The maximum absolute atomic E-state index is 12.6. The van der Waals surface area contributed by atoms with Crippen molar-refractivity contribution in [3.8, 4) is 0 Å². The lowest BCUT2D eigenvalue weighted by molar-refractivity contribution is 0.0594. The van der Waals surface area contributed by atoms with Crippen molar-refractivity contribution in [3.05, 3.63) is 44.8 Å². The van der Waals surface area contributed by atoms with Crippen LogP contribution in [0.4, 0.5) is 10.5 Å². The van der Waals surface area contributed by atoms with Crippen LogP contribution in [0.15, 0.2) is 34.1 Å². The van der Waals surface area contributed by atoms with Gasteiger partial charge < -0.3 is 15.0 Å². The topological polar surface area (TPSA) is 71.5 Å². The number of halogens is 1. The summed E-state index contributed by atoms with van der Waals surface area (Å²) in [6, 6.07) is 7.14. The van der Waals surface area contributed by atoms with E-state index in [0.29, 0.717) is 17.2 Å². The summed E-state index contributed by atoms with van der Waals surface area (Å²) in [5.41, 5.74) is 0.961. The second-order valence-electron chi connectivity index (χ2n) is 5.28. The van der Waals surface area contributed by atoms with Crippen LogP contribution in [0.3, 0.4) is 0 Å². The highest BCUT2D eigenvalue weighted by Crippen LogP contribution is 2.19. The molecule has 0 aliphatic heterocycles. The molecular formula is C16H18BrN3O3S. The van der Waals surface area contributed by atoms with E-state index in [-0.39, 0.29) is 17.8 Å². The van der Waals surface area contributed by atoms with E-state index < -0.39 is 5.97 Å². The van der Waals surface area contributed by atoms with Crippen LogP contribution >= 0.6 is 27.3 Å². The van der Waals surface area contributed by atoms with Crippen LogP contribution in [0.5, 0.6) is 0 Å². The molecular weight excluding hydrogens is 394 g/mol. The van der Waals surface area contributed by atoms with Gasteiger partial charge in [0.15, 0.2) is 5.69 Å². The zero-order valence-electron chi connectivity index (χ0n) is 13.6. The van der Waals surface area contributed by atoms with Crippen LogP contribution in [0.1, 0.15) is 29.3 Å². The number of nitrogens with zero attached hydrogens (tertiary/aromatic N) is 2. The SMILES string of the molecule is COC(=O)c1csc(CN(C(=O)Nc2cccc(Br)c2)C(C)C)n1. The maximum atomic E-state index is 12.6.